The first kappa shape index (κ1) is 15.6. The lowest BCUT2D eigenvalue weighted by atomic mass is 10.1. The van der Waals surface area contributed by atoms with Crippen LogP contribution in [0, 0.1) is 6.92 Å². The highest BCUT2D eigenvalue weighted by atomic mass is 79.9. The zero-order chi connectivity index (χ0) is 14.5. The van der Waals surface area contributed by atoms with Crippen LogP contribution in [0.1, 0.15) is 30.8 Å². The van der Waals surface area contributed by atoms with Crippen molar-refractivity contribution in [3.05, 3.63) is 33.2 Å². The van der Waals surface area contributed by atoms with E-state index in [1.807, 2.05) is 6.07 Å². The van der Waals surface area contributed by atoms with E-state index in [9.17, 15) is 0 Å². The summed E-state index contributed by atoms with van der Waals surface area (Å²) in [6.45, 7) is 7.47. The molecule has 0 unspecified atom stereocenters. The second-order valence-electron chi connectivity index (χ2n) is 5.13. The minimum atomic E-state index is 0.546. The van der Waals surface area contributed by atoms with Gasteiger partial charge >= 0.3 is 0 Å². The molecule has 1 aromatic carbocycles. The number of rotatable bonds is 6. The topological polar surface area (TPSA) is 37.8 Å². The summed E-state index contributed by atoms with van der Waals surface area (Å²) in [5, 5.41) is 14.2. The van der Waals surface area contributed by atoms with E-state index in [4.69, 9.17) is 0 Å². The van der Waals surface area contributed by atoms with Crippen molar-refractivity contribution in [1.29, 1.82) is 0 Å². The maximum absolute atomic E-state index is 4.33. The van der Waals surface area contributed by atoms with Crippen molar-refractivity contribution in [2.45, 2.75) is 39.7 Å². The molecule has 20 heavy (non-hydrogen) atoms. The Balaban J connectivity index is 2.00. The summed E-state index contributed by atoms with van der Waals surface area (Å²) in [5.41, 5.74) is 2.39. The van der Waals surface area contributed by atoms with Gasteiger partial charge in [0, 0.05) is 22.5 Å². The van der Waals surface area contributed by atoms with Gasteiger partial charge in [-0.15, -0.1) is 10.2 Å². The van der Waals surface area contributed by atoms with E-state index in [2.05, 4.69) is 64.3 Å². The summed E-state index contributed by atoms with van der Waals surface area (Å²) in [6.07, 6.45) is 2.09. The first-order valence-corrected chi connectivity index (χ1v) is 8.50. The molecule has 0 spiro atoms. The molecule has 3 nitrogen and oxygen atoms in total. The molecule has 5 heteroatoms. The number of benzene rings is 1. The molecule has 0 bridgehead atoms. The average Bonchev–Trinajstić information content (AvgIpc) is 2.86. The van der Waals surface area contributed by atoms with Gasteiger partial charge in [-0.3, -0.25) is 0 Å². The summed E-state index contributed by atoms with van der Waals surface area (Å²) in [7, 11) is 0. The van der Waals surface area contributed by atoms with Crippen LogP contribution < -0.4 is 5.32 Å². The number of halogens is 1. The molecule has 0 amide bonds. The molecule has 0 aliphatic rings. The first-order valence-electron chi connectivity index (χ1n) is 6.89. The van der Waals surface area contributed by atoms with Gasteiger partial charge in [-0.2, -0.15) is 0 Å². The van der Waals surface area contributed by atoms with Gasteiger partial charge in [0.15, 0.2) is 0 Å². The van der Waals surface area contributed by atoms with E-state index >= 15 is 0 Å². The van der Waals surface area contributed by atoms with E-state index in [1.165, 1.54) is 11.1 Å². The van der Waals surface area contributed by atoms with Crippen LogP contribution in [-0.4, -0.2) is 22.8 Å². The molecular weight excluding hydrogens is 334 g/mol. The fraction of sp³-hybridized carbons (Fsp3) is 0.467. The molecule has 0 radical (unpaired) electrons. The maximum Gasteiger partial charge on any atom is 0.148 e. The predicted octanol–water partition coefficient (Wildman–Crippen LogP) is 4.21. The highest BCUT2D eigenvalue weighted by Gasteiger charge is 2.10. The molecule has 0 aliphatic carbocycles. The minimum Gasteiger partial charge on any atom is -0.315 e. The molecular formula is C15H20BrN3S. The third-order valence-electron chi connectivity index (χ3n) is 3.08. The van der Waals surface area contributed by atoms with E-state index in [1.54, 1.807) is 11.3 Å². The molecule has 0 atom stereocenters. The van der Waals surface area contributed by atoms with Gasteiger partial charge in [0.1, 0.15) is 10.0 Å². The Kier molecular flexibility index (Phi) is 5.69. The smallest absolute Gasteiger partial charge is 0.148 e. The third-order valence-corrected chi connectivity index (χ3v) is 4.96. The zero-order valence-electron chi connectivity index (χ0n) is 12.1. The Morgan fingerprint density at radius 3 is 2.85 bits per heavy atom. The molecule has 0 saturated heterocycles. The van der Waals surface area contributed by atoms with Crippen LogP contribution in [0.15, 0.2) is 22.7 Å². The Hall–Kier alpha value is -0.780. The molecule has 0 fully saturated rings. The SMILES string of the molecule is Cc1c(Br)cccc1-c1nnc(CCCNC(C)C)s1. The Labute approximate surface area is 133 Å². The molecule has 1 aromatic heterocycles. The van der Waals surface area contributed by atoms with Crippen molar-refractivity contribution in [3.8, 4) is 10.6 Å². The summed E-state index contributed by atoms with van der Waals surface area (Å²) >= 11 is 5.26. The van der Waals surface area contributed by atoms with Gasteiger partial charge < -0.3 is 5.32 Å². The molecule has 2 rings (SSSR count). The van der Waals surface area contributed by atoms with Crippen molar-refractivity contribution >= 4 is 27.3 Å². The van der Waals surface area contributed by atoms with E-state index in [0.717, 1.165) is 33.9 Å². The number of nitrogens with one attached hydrogen (secondary N) is 1. The lowest BCUT2D eigenvalue weighted by Crippen LogP contribution is -2.23. The average molecular weight is 354 g/mol. The van der Waals surface area contributed by atoms with Gasteiger partial charge in [-0.05, 0) is 31.5 Å². The quantitative estimate of drug-likeness (QED) is 0.790. The van der Waals surface area contributed by atoms with Gasteiger partial charge in [0.2, 0.25) is 0 Å². The van der Waals surface area contributed by atoms with Crippen LogP contribution in [0.4, 0.5) is 0 Å². The maximum atomic E-state index is 4.33. The van der Waals surface area contributed by atoms with Crippen LogP contribution in [0.2, 0.25) is 0 Å². The van der Waals surface area contributed by atoms with Crippen LogP contribution in [-0.2, 0) is 6.42 Å². The normalized spacial score (nSPS) is 11.2. The Morgan fingerprint density at radius 2 is 2.10 bits per heavy atom. The monoisotopic (exact) mass is 353 g/mol. The van der Waals surface area contributed by atoms with Gasteiger partial charge in [0.05, 0.1) is 0 Å². The lowest BCUT2D eigenvalue weighted by Gasteiger charge is -2.06. The van der Waals surface area contributed by atoms with E-state index < -0.39 is 0 Å². The molecule has 2 aromatic rings. The van der Waals surface area contributed by atoms with Gasteiger partial charge in [-0.1, -0.05) is 53.2 Å². The highest BCUT2D eigenvalue weighted by Crippen LogP contribution is 2.30. The van der Waals surface area contributed by atoms with Gasteiger partial charge in [0.25, 0.3) is 0 Å². The van der Waals surface area contributed by atoms with Crippen LogP contribution in [0.5, 0.6) is 0 Å². The number of nitrogens with zero attached hydrogens (tertiary/aromatic N) is 2. The third kappa shape index (κ3) is 4.11. The summed E-state index contributed by atoms with van der Waals surface area (Å²) in [5.74, 6) is 0. The molecule has 1 N–H and O–H groups in total. The Morgan fingerprint density at radius 1 is 1.30 bits per heavy atom. The predicted molar refractivity (Wildman–Crippen MR) is 89.2 cm³/mol. The zero-order valence-corrected chi connectivity index (χ0v) is 14.5. The van der Waals surface area contributed by atoms with Crippen LogP contribution in [0.3, 0.4) is 0 Å². The number of aryl methyl sites for hydroxylation is 1. The van der Waals surface area contributed by atoms with Crippen molar-refractivity contribution < 1.29 is 0 Å². The summed E-state index contributed by atoms with van der Waals surface area (Å²) < 4.78 is 1.12. The number of hydrogen-bond donors (Lipinski definition) is 1. The second-order valence-corrected chi connectivity index (χ2v) is 7.04. The van der Waals surface area contributed by atoms with E-state index in [0.29, 0.717) is 6.04 Å². The first-order chi connectivity index (χ1) is 9.58. The largest absolute Gasteiger partial charge is 0.315 e. The fourth-order valence-corrected chi connectivity index (χ4v) is 3.26. The molecule has 0 saturated carbocycles. The molecule has 0 aliphatic heterocycles. The summed E-state index contributed by atoms with van der Waals surface area (Å²) in [6, 6.07) is 6.74. The number of hydrogen-bond acceptors (Lipinski definition) is 4. The lowest BCUT2D eigenvalue weighted by molar-refractivity contribution is 0.569. The van der Waals surface area contributed by atoms with Crippen LogP contribution in [0.25, 0.3) is 10.6 Å². The Bertz CT molecular complexity index is 566. The van der Waals surface area contributed by atoms with Crippen LogP contribution >= 0.6 is 27.3 Å². The van der Waals surface area contributed by atoms with Crippen molar-refractivity contribution in [2.75, 3.05) is 6.54 Å². The fourth-order valence-electron chi connectivity index (χ4n) is 1.93. The van der Waals surface area contributed by atoms with Crippen molar-refractivity contribution in [3.63, 3.8) is 0 Å². The molecule has 1 heterocycles. The van der Waals surface area contributed by atoms with Crippen molar-refractivity contribution in [1.82, 2.24) is 15.5 Å². The summed E-state index contributed by atoms with van der Waals surface area (Å²) in [4.78, 5) is 0. The second kappa shape index (κ2) is 7.29. The number of aromatic nitrogens is 2. The highest BCUT2D eigenvalue weighted by molar-refractivity contribution is 9.10. The minimum absolute atomic E-state index is 0.546. The van der Waals surface area contributed by atoms with Gasteiger partial charge in [-0.25, -0.2) is 0 Å². The standard InChI is InChI=1S/C15H20BrN3S/c1-10(2)17-9-5-8-14-18-19-15(20-14)12-6-4-7-13(16)11(12)3/h4,6-7,10,17H,5,8-9H2,1-3H3. The molecule has 108 valence electrons. The van der Waals surface area contributed by atoms with E-state index in [-0.39, 0.29) is 0 Å². The van der Waals surface area contributed by atoms with Crippen molar-refractivity contribution in [2.24, 2.45) is 0 Å².